The van der Waals surface area contributed by atoms with E-state index < -0.39 is 15.3 Å². The van der Waals surface area contributed by atoms with Gasteiger partial charge in [-0.25, -0.2) is 13.1 Å². The van der Waals surface area contributed by atoms with Gasteiger partial charge in [-0.1, -0.05) is 19.1 Å². The van der Waals surface area contributed by atoms with Crippen molar-refractivity contribution >= 4 is 15.7 Å². The number of hydrogen-bond acceptors (Lipinski definition) is 5. The van der Waals surface area contributed by atoms with Crippen LogP contribution in [-0.2, 0) is 14.9 Å². The summed E-state index contributed by atoms with van der Waals surface area (Å²) in [6.45, 7) is 4.00. The van der Waals surface area contributed by atoms with Gasteiger partial charge in [0.05, 0.1) is 12.6 Å². The first-order valence-electron chi connectivity index (χ1n) is 7.90. The minimum absolute atomic E-state index is 0.0809. The highest BCUT2D eigenvalue weighted by Crippen LogP contribution is 2.34. The number of nitrogens with zero attached hydrogens (tertiary/aromatic N) is 2. The molecule has 0 saturated carbocycles. The number of rotatable bonds is 6. The molecule has 1 aliphatic heterocycles. The van der Waals surface area contributed by atoms with Gasteiger partial charge in [-0.3, -0.25) is 4.84 Å². The monoisotopic (exact) mass is 341 g/mol. The highest BCUT2D eigenvalue weighted by atomic mass is 32.2. The van der Waals surface area contributed by atoms with Gasteiger partial charge in [-0.2, -0.15) is 5.06 Å². The molecule has 130 valence electrons. The number of nitrogens with one attached hydrogen (secondary N) is 1. The fourth-order valence-corrected chi connectivity index (χ4v) is 4.51. The summed E-state index contributed by atoms with van der Waals surface area (Å²) in [5.41, 5.74) is 2.02. The quantitative estimate of drug-likeness (QED) is 0.854. The maximum Gasteiger partial charge on any atom is 0.219 e. The zero-order chi connectivity index (χ0) is 17.2. The maximum atomic E-state index is 12.7. The Morgan fingerprint density at radius 2 is 1.96 bits per heavy atom. The molecule has 6 nitrogen and oxygen atoms in total. The summed E-state index contributed by atoms with van der Waals surface area (Å²) in [5.74, 6) is 0. The van der Waals surface area contributed by atoms with Crippen molar-refractivity contribution in [3.8, 4) is 0 Å². The molecule has 0 spiro atoms. The van der Waals surface area contributed by atoms with E-state index in [1.807, 2.05) is 57.1 Å². The second-order valence-electron chi connectivity index (χ2n) is 6.28. The van der Waals surface area contributed by atoms with Gasteiger partial charge in [0.2, 0.25) is 10.0 Å². The third kappa shape index (κ3) is 4.03. The first-order chi connectivity index (χ1) is 10.8. The molecule has 1 aliphatic rings. The van der Waals surface area contributed by atoms with E-state index >= 15 is 0 Å². The first-order valence-corrected chi connectivity index (χ1v) is 9.45. The molecule has 0 radical (unpaired) electrons. The van der Waals surface area contributed by atoms with E-state index in [1.165, 1.54) is 0 Å². The van der Waals surface area contributed by atoms with Crippen LogP contribution in [0, 0.1) is 0 Å². The average molecular weight is 341 g/mol. The average Bonchev–Trinajstić information content (AvgIpc) is 2.89. The van der Waals surface area contributed by atoms with Gasteiger partial charge >= 0.3 is 0 Å². The number of sulfonamides is 1. The van der Waals surface area contributed by atoms with Crippen molar-refractivity contribution in [3.05, 3.63) is 29.8 Å². The van der Waals surface area contributed by atoms with E-state index in [9.17, 15) is 8.42 Å². The molecule has 1 fully saturated rings. The zero-order valence-corrected chi connectivity index (χ0v) is 15.3. The molecule has 0 aromatic heterocycles. The summed E-state index contributed by atoms with van der Waals surface area (Å²) >= 11 is 0. The SMILES string of the molecule is CCC(C)NS(=O)(=O)C1CON(C)C1c1ccc(N(C)C)cc1. The van der Waals surface area contributed by atoms with Crippen LogP contribution >= 0.6 is 0 Å². The Bertz CT molecular complexity index is 616. The Hall–Kier alpha value is -1.15. The third-order valence-electron chi connectivity index (χ3n) is 4.31. The Morgan fingerprint density at radius 1 is 1.35 bits per heavy atom. The van der Waals surface area contributed by atoms with Gasteiger partial charge in [0.25, 0.3) is 0 Å². The minimum Gasteiger partial charge on any atom is -0.378 e. The van der Waals surface area contributed by atoms with Crippen LogP contribution in [0.2, 0.25) is 0 Å². The molecule has 0 amide bonds. The molecule has 7 heteroatoms. The Balaban J connectivity index is 2.27. The van der Waals surface area contributed by atoms with Gasteiger partial charge in [0.15, 0.2) is 0 Å². The normalized spacial score (nSPS) is 23.9. The number of hydroxylamine groups is 2. The van der Waals surface area contributed by atoms with Crippen LogP contribution in [0.5, 0.6) is 0 Å². The maximum absolute atomic E-state index is 12.7. The topological polar surface area (TPSA) is 61.9 Å². The van der Waals surface area contributed by atoms with Crippen LogP contribution in [0.1, 0.15) is 31.9 Å². The van der Waals surface area contributed by atoms with E-state index in [2.05, 4.69) is 4.72 Å². The van der Waals surface area contributed by atoms with Gasteiger partial charge in [-0.15, -0.1) is 0 Å². The molecule has 1 heterocycles. The smallest absolute Gasteiger partial charge is 0.219 e. The number of hydrogen-bond donors (Lipinski definition) is 1. The molecule has 1 N–H and O–H groups in total. The Morgan fingerprint density at radius 3 is 2.48 bits per heavy atom. The van der Waals surface area contributed by atoms with Crippen molar-refractivity contribution in [2.45, 2.75) is 37.6 Å². The Labute approximate surface area is 139 Å². The van der Waals surface area contributed by atoms with Crippen LogP contribution in [-0.4, -0.2) is 52.5 Å². The molecular formula is C16H27N3O3S. The summed E-state index contributed by atoms with van der Waals surface area (Å²) in [4.78, 5) is 7.53. The number of anilines is 1. The molecule has 1 saturated heterocycles. The summed E-state index contributed by atoms with van der Waals surface area (Å²) < 4.78 is 28.1. The standard InChI is InChI=1S/C16H27N3O3S/c1-6-12(2)17-23(20,21)15-11-22-19(5)16(15)13-7-9-14(10-8-13)18(3)4/h7-10,12,15-17H,6,11H2,1-5H3. The van der Waals surface area contributed by atoms with Crippen molar-refractivity contribution in [1.82, 2.24) is 9.79 Å². The predicted octanol–water partition coefficient (Wildman–Crippen LogP) is 1.76. The van der Waals surface area contributed by atoms with Crippen molar-refractivity contribution in [3.63, 3.8) is 0 Å². The highest BCUT2D eigenvalue weighted by molar-refractivity contribution is 7.90. The van der Waals surface area contributed by atoms with Crippen molar-refractivity contribution in [2.75, 3.05) is 32.6 Å². The number of benzene rings is 1. The lowest BCUT2D eigenvalue weighted by molar-refractivity contribution is -0.110. The zero-order valence-electron chi connectivity index (χ0n) is 14.5. The summed E-state index contributed by atoms with van der Waals surface area (Å²) in [6.07, 6.45) is 0.755. The summed E-state index contributed by atoms with van der Waals surface area (Å²) in [5, 5.41) is 1.03. The molecule has 1 aromatic rings. The molecule has 0 bridgehead atoms. The molecule has 3 atom stereocenters. The van der Waals surface area contributed by atoms with Crippen LogP contribution in [0.15, 0.2) is 24.3 Å². The molecule has 2 rings (SSSR count). The first kappa shape index (κ1) is 18.2. The molecule has 23 heavy (non-hydrogen) atoms. The summed E-state index contributed by atoms with van der Waals surface area (Å²) in [7, 11) is 2.28. The van der Waals surface area contributed by atoms with Gasteiger partial charge in [-0.05, 0) is 31.0 Å². The van der Waals surface area contributed by atoms with E-state index in [-0.39, 0.29) is 18.7 Å². The van der Waals surface area contributed by atoms with E-state index in [0.717, 1.165) is 17.7 Å². The largest absolute Gasteiger partial charge is 0.378 e. The molecule has 3 unspecified atom stereocenters. The van der Waals surface area contributed by atoms with E-state index in [1.54, 1.807) is 12.1 Å². The summed E-state index contributed by atoms with van der Waals surface area (Å²) in [6, 6.07) is 7.53. The fourth-order valence-electron chi connectivity index (χ4n) is 2.70. The lowest BCUT2D eigenvalue weighted by Gasteiger charge is -2.25. The molecule has 1 aromatic carbocycles. The van der Waals surface area contributed by atoms with E-state index in [4.69, 9.17) is 4.84 Å². The van der Waals surface area contributed by atoms with Crippen molar-refractivity contribution < 1.29 is 13.3 Å². The van der Waals surface area contributed by atoms with E-state index in [0.29, 0.717) is 0 Å². The molecular weight excluding hydrogens is 314 g/mol. The lowest BCUT2D eigenvalue weighted by atomic mass is 10.0. The fraction of sp³-hybridized carbons (Fsp3) is 0.625. The van der Waals surface area contributed by atoms with Crippen molar-refractivity contribution in [1.29, 1.82) is 0 Å². The highest BCUT2D eigenvalue weighted by Gasteiger charge is 2.43. The third-order valence-corrected chi connectivity index (χ3v) is 6.24. The Kier molecular flexibility index (Phi) is 5.67. The van der Waals surface area contributed by atoms with Gasteiger partial charge < -0.3 is 4.90 Å². The van der Waals surface area contributed by atoms with Crippen LogP contribution in [0.4, 0.5) is 5.69 Å². The second kappa shape index (κ2) is 7.17. The van der Waals surface area contributed by atoms with Crippen molar-refractivity contribution in [2.24, 2.45) is 0 Å². The van der Waals surface area contributed by atoms with Crippen LogP contribution in [0.3, 0.4) is 0 Å². The predicted molar refractivity (Wildman–Crippen MR) is 92.8 cm³/mol. The molecule has 0 aliphatic carbocycles. The van der Waals surface area contributed by atoms with Crippen LogP contribution in [0.25, 0.3) is 0 Å². The van der Waals surface area contributed by atoms with Gasteiger partial charge in [0.1, 0.15) is 5.25 Å². The lowest BCUT2D eigenvalue weighted by Crippen LogP contribution is -2.42. The minimum atomic E-state index is -3.46. The van der Waals surface area contributed by atoms with Crippen LogP contribution < -0.4 is 9.62 Å². The second-order valence-corrected chi connectivity index (χ2v) is 8.21. The van der Waals surface area contributed by atoms with Gasteiger partial charge in [0, 0.05) is 32.9 Å².